The molecule has 3 fully saturated rings. The van der Waals surface area contributed by atoms with E-state index < -0.39 is 0 Å². The third-order valence-electron chi connectivity index (χ3n) is 8.81. The lowest BCUT2D eigenvalue weighted by atomic mass is 9.70. The summed E-state index contributed by atoms with van der Waals surface area (Å²) < 4.78 is 12.4. The zero-order chi connectivity index (χ0) is 21.3. The second-order valence-electron chi connectivity index (χ2n) is 11.0. The van der Waals surface area contributed by atoms with Gasteiger partial charge in [-0.2, -0.15) is 0 Å². The Bertz CT molecular complexity index is 445. The quantitative estimate of drug-likeness (QED) is 0.381. The number of aliphatic hydroxyl groups is 1. The normalized spacial score (nSPS) is 34.4. The maximum Gasteiger partial charge on any atom is 0.155 e. The van der Waals surface area contributed by atoms with Crippen molar-refractivity contribution in [2.45, 2.75) is 136 Å². The summed E-state index contributed by atoms with van der Waals surface area (Å²) in [6, 6.07) is 0. The van der Waals surface area contributed by atoms with E-state index in [0.29, 0.717) is 6.10 Å². The van der Waals surface area contributed by atoms with Crippen molar-refractivity contribution in [3.63, 3.8) is 0 Å². The molecule has 0 amide bonds. The fourth-order valence-electron chi connectivity index (χ4n) is 6.66. The van der Waals surface area contributed by atoms with E-state index in [2.05, 4.69) is 20.8 Å². The third kappa shape index (κ3) is 7.78. The molecule has 0 saturated heterocycles. The molecule has 30 heavy (non-hydrogen) atoms. The van der Waals surface area contributed by atoms with Gasteiger partial charge in [-0.15, -0.1) is 0 Å². The molecule has 0 heterocycles. The minimum Gasteiger partial charge on any atom is -0.393 e. The highest BCUT2D eigenvalue weighted by Crippen LogP contribution is 2.40. The smallest absolute Gasteiger partial charge is 0.155 e. The number of hydrogen-bond acceptors (Lipinski definition) is 3. The SMILES string of the molecule is CCC(CC(C)C1CCC(O)CC1)C1CCC(OC(C)OCC2CCCCC2)CC1. The Balaban J connectivity index is 1.33. The second-order valence-corrected chi connectivity index (χ2v) is 11.0. The lowest BCUT2D eigenvalue weighted by molar-refractivity contribution is -0.176. The topological polar surface area (TPSA) is 38.7 Å². The minimum absolute atomic E-state index is 0.0280. The maximum absolute atomic E-state index is 9.81. The van der Waals surface area contributed by atoms with Crippen molar-refractivity contribution in [1.29, 1.82) is 0 Å². The van der Waals surface area contributed by atoms with Gasteiger partial charge in [-0.05, 0) is 107 Å². The molecule has 1 N–H and O–H groups in total. The van der Waals surface area contributed by atoms with Crippen LogP contribution in [0.1, 0.15) is 117 Å². The van der Waals surface area contributed by atoms with Gasteiger partial charge in [0.15, 0.2) is 6.29 Å². The predicted octanol–water partition coefficient (Wildman–Crippen LogP) is 7.11. The first-order chi connectivity index (χ1) is 14.5. The lowest BCUT2D eigenvalue weighted by Gasteiger charge is -2.37. The van der Waals surface area contributed by atoms with Crippen LogP contribution < -0.4 is 0 Å². The molecule has 0 spiro atoms. The zero-order valence-corrected chi connectivity index (χ0v) is 20.2. The molecule has 0 bridgehead atoms. The summed E-state index contributed by atoms with van der Waals surface area (Å²) in [5, 5.41) is 9.81. The molecule has 3 unspecified atom stereocenters. The molecule has 3 aliphatic rings. The first kappa shape index (κ1) is 24.5. The summed E-state index contributed by atoms with van der Waals surface area (Å²) in [5.74, 6) is 4.16. The molecule has 3 saturated carbocycles. The van der Waals surface area contributed by atoms with Crippen LogP contribution in [0.2, 0.25) is 0 Å². The Morgan fingerprint density at radius 3 is 2.07 bits per heavy atom. The van der Waals surface area contributed by atoms with E-state index in [-0.39, 0.29) is 12.4 Å². The summed E-state index contributed by atoms with van der Waals surface area (Å²) in [6.45, 7) is 7.87. The van der Waals surface area contributed by atoms with Gasteiger partial charge in [0, 0.05) is 0 Å². The fraction of sp³-hybridized carbons (Fsp3) is 1.00. The van der Waals surface area contributed by atoms with E-state index in [1.807, 2.05) is 0 Å². The standard InChI is InChI=1S/C27H50O3/c1-4-23(18-20(2)24-10-14-26(28)15-11-24)25-12-16-27(17-13-25)30-21(3)29-19-22-8-6-5-7-9-22/h20-28H,4-19H2,1-3H3. The van der Waals surface area contributed by atoms with Crippen molar-refractivity contribution >= 4 is 0 Å². The minimum atomic E-state index is -0.0443. The lowest BCUT2D eigenvalue weighted by Crippen LogP contribution is -2.31. The monoisotopic (exact) mass is 422 g/mol. The Morgan fingerprint density at radius 2 is 1.43 bits per heavy atom. The average molecular weight is 423 g/mol. The van der Waals surface area contributed by atoms with Crippen LogP contribution in [0.25, 0.3) is 0 Å². The van der Waals surface area contributed by atoms with Gasteiger partial charge in [0.05, 0.1) is 18.8 Å². The molecule has 0 radical (unpaired) electrons. The van der Waals surface area contributed by atoms with Crippen molar-refractivity contribution in [3.05, 3.63) is 0 Å². The Hall–Kier alpha value is -0.120. The van der Waals surface area contributed by atoms with Crippen LogP contribution in [0, 0.1) is 29.6 Å². The van der Waals surface area contributed by atoms with Crippen LogP contribution in [0.3, 0.4) is 0 Å². The molecule has 3 rings (SSSR count). The molecule has 176 valence electrons. The summed E-state index contributed by atoms with van der Waals surface area (Å²) in [4.78, 5) is 0. The van der Waals surface area contributed by atoms with Crippen molar-refractivity contribution in [1.82, 2.24) is 0 Å². The van der Waals surface area contributed by atoms with Gasteiger partial charge < -0.3 is 14.6 Å². The highest BCUT2D eigenvalue weighted by Gasteiger charge is 2.31. The van der Waals surface area contributed by atoms with E-state index in [1.54, 1.807) is 0 Å². The largest absolute Gasteiger partial charge is 0.393 e. The maximum atomic E-state index is 9.81. The van der Waals surface area contributed by atoms with Crippen LogP contribution in [-0.4, -0.2) is 30.2 Å². The number of rotatable bonds is 10. The van der Waals surface area contributed by atoms with Gasteiger partial charge in [-0.3, -0.25) is 0 Å². The van der Waals surface area contributed by atoms with Crippen LogP contribution >= 0.6 is 0 Å². The Kier molecular flexibility index (Phi) is 10.5. The zero-order valence-electron chi connectivity index (χ0n) is 20.2. The highest BCUT2D eigenvalue weighted by atomic mass is 16.7. The summed E-state index contributed by atoms with van der Waals surface area (Å²) in [7, 11) is 0. The molecule has 0 aromatic heterocycles. The van der Waals surface area contributed by atoms with E-state index >= 15 is 0 Å². The average Bonchev–Trinajstić information content (AvgIpc) is 2.78. The second kappa shape index (κ2) is 12.8. The fourth-order valence-corrected chi connectivity index (χ4v) is 6.66. The summed E-state index contributed by atoms with van der Waals surface area (Å²) in [5.41, 5.74) is 0. The first-order valence-electron chi connectivity index (χ1n) is 13.5. The van der Waals surface area contributed by atoms with E-state index in [9.17, 15) is 5.11 Å². The Labute approximate surface area is 186 Å². The van der Waals surface area contributed by atoms with Gasteiger partial charge in [0.25, 0.3) is 0 Å². The molecular formula is C27H50O3. The van der Waals surface area contributed by atoms with Gasteiger partial charge >= 0.3 is 0 Å². The molecule has 3 aliphatic carbocycles. The summed E-state index contributed by atoms with van der Waals surface area (Å²) >= 11 is 0. The van der Waals surface area contributed by atoms with Gasteiger partial charge in [-0.1, -0.05) is 39.5 Å². The van der Waals surface area contributed by atoms with E-state index in [4.69, 9.17) is 9.47 Å². The van der Waals surface area contributed by atoms with Crippen molar-refractivity contribution in [3.8, 4) is 0 Å². The van der Waals surface area contributed by atoms with Gasteiger partial charge in [0.1, 0.15) is 0 Å². The molecule has 0 aromatic carbocycles. The van der Waals surface area contributed by atoms with E-state index in [0.717, 1.165) is 49.0 Å². The van der Waals surface area contributed by atoms with Crippen molar-refractivity contribution < 1.29 is 14.6 Å². The number of hydrogen-bond donors (Lipinski definition) is 1. The number of ether oxygens (including phenoxy) is 2. The number of aliphatic hydroxyl groups excluding tert-OH is 1. The molecule has 0 aliphatic heterocycles. The Morgan fingerprint density at radius 1 is 0.800 bits per heavy atom. The molecular weight excluding hydrogens is 372 g/mol. The first-order valence-corrected chi connectivity index (χ1v) is 13.5. The van der Waals surface area contributed by atoms with Crippen molar-refractivity contribution in [2.75, 3.05) is 6.61 Å². The van der Waals surface area contributed by atoms with Crippen LogP contribution in [-0.2, 0) is 9.47 Å². The van der Waals surface area contributed by atoms with Crippen molar-refractivity contribution in [2.24, 2.45) is 29.6 Å². The van der Waals surface area contributed by atoms with Gasteiger partial charge in [0.2, 0.25) is 0 Å². The molecule has 3 heteroatoms. The van der Waals surface area contributed by atoms with E-state index in [1.165, 1.54) is 83.5 Å². The molecule has 3 nitrogen and oxygen atoms in total. The summed E-state index contributed by atoms with van der Waals surface area (Å²) in [6.07, 6.45) is 19.5. The molecule has 0 aromatic rings. The van der Waals surface area contributed by atoms with Crippen LogP contribution in [0.4, 0.5) is 0 Å². The van der Waals surface area contributed by atoms with Crippen LogP contribution in [0.15, 0.2) is 0 Å². The molecule has 3 atom stereocenters. The van der Waals surface area contributed by atoms with Gasteiger partial charge in [-0.25, -0.2) is 0 Å². The third-order valence-corrected chi connectivity index (χ3v) is 8.81. The highest BCUT2D eigenvalue weighted by molar-refractivity contribution is 4.82. The van der Waals surface area contributed by atoms with Crippen LogP contribution in [0.5, 0.6) is 0 Å². The predicted molar refractivity (Wildman–Crippen MR) is 124 cm³/mol.